The first kappa shape index (κ1) is 19.4. The molecule has 29 heavy (non-hydrogen) atoms. The van der Waals surface area contributed by atoms with Gasteiger partial charge in [0.05, 0.1) is 18.3 Å². The van der Waals surface area contributed by atoms with Gasteiger partial charge in [0.2, 0.25) is 17.6 Å². The first-order chi connectivity index (χ1) is 14.0. The number of para-hydroxylation sites is 1. The van der Waals surface area contributed by atoms with Crippen molar-refractivity contribution in [3.8, 4) is 0 Å². The van der Waals surface area contributed by atoms with Crippen LogP contribution in [0, 0.1) is 11.8 Å². The van der Waals surface area contributed by atoms with Crippen molar-refractivity contribution in [3.63, 3.8) is 0 Å². The molecule has 1 aliphatic heterocycles. The second-order valence-electron chi connectivity index (χ2n) is 7.82. The number of aromatic amines is 1. The molecule has 0 bridgehead atoms. The van der Waals surface area contributed by atoms with E-state index in [1.807, 2.05) is 24.3 Å². The number of rotatable bonds is 6. The molecule has 1 saturated heterocycles. The molecule has 1 aromatic heterocycles. The summed E-state index contributed by atoms with van der Waals surface area (Å²) in [5, 5.41) is 0.774. The molecule has 2 fully saturated rings. The van der Waals surface area contributed by atoms with Gasteiger partial charge in [0.1, 0.15) is 0 Å². The summed E-state index contributed by atoms with van der Waals surface area (Å²) in [7, 11) is 0. The van der Waals surface area contributed by atoms with E-state index in [-0.39, 0.29) is 42.4 Å². The molecule has 3 atom stereocenters. The molecule has 1 saturated carbocycles. The Hall–Kier alpha value is -2.96. The van der Waals surface area contributed by atoms with Crippen LogP contribution in [0.25, 0.3) is 10.9 Å². The van der Waals surface area contributed by atoms with E-state index < -0.39 is 12.1 Å². The van der Waals surface area contributed by atoms with Gasteiger partial charge in [0.25, 0.3) is 0 Å². The molecule has 2 aromatic rings. The fourth-order valence-corrected chi connectivity index (χ4v) is 4.46. The number of imide groups is 1. The minimum Gasteiger partial charge on any atom is -0.454 e. The van der Waals surface area contributed by atoms with E-state index in [4.69, 9.17) is 4.74 Å². The lowest BCUT2D eigenvalue weighted by molar-refractivity contribution is -0.147. The van der Waals surface area contributed by atoms with Gasteiger partial charge in [-0.05, 0) is 25.8 Å². The maximum Gasteiger partial charge on any atom is 0.308 e. The summed E-state index contributed by atoms with van der Waals surface area (Å²) in [6.45, 7) is 1.54. The summed E-state index contributed by atoms with van der Waals surface area (Å²) in [5.41, 5.74) is 1.30. The molecule has 4 rings (SSSR count). The van der Waals surface area contributed by atoms with Gasteiger partial charge in [-0.3, -0.25) is 24.1 Å². The number of Topliss-reactive ketones (excluding diaryl/α,β-unsaturated/α-hetero) is 1. The van der Waals surface area contributed by atoms with Crippen LogP contribution in [-0.2, 0) is 19.1 Å². The molecule has 7 nitrogen and oxygen atoms in total. The average molecular weight is 396 g/mol. The van der Waals surface area contributed by atoms with E-state index in [9.17, 15) is 19.2 Å². The van der Waals surface area contributed by atoms with Gasteiger partial charge in [-0.1, -0.05) is 31.0 Å². The number of amides is 2. The Labute approximate surface area is 168 Å². The highest BCUT2D eigenvalue weighted by Crippen LogP contribution is 2.38. The van der Waals surface area contributed by atoms with Crippen molar-refractivity contribution >= 4 is 34.5 Å². The number of fused-ring (bicyclic) bond motifs is 2. The maximum absolute atomic E-state index is 12.7. The predicted octanol–water partition coefficient (Wildman–Crippen LogP) is 2.85. The molecule has 152 valence electrons. The first-order valence-electron chi connectivity index (χ1n) is 10.1. The van der Waals surface area contributed by atoms with E-state index in [0.717, 1.165) is 36.6 Å². The Morgan fingerprint density at radius 3 is 2.48 bits per heavy atom. The van der Waals surface area contributed by atoms with Crippen LogP contribution in [0.5, 0.6) is 0 Å². The van der Waals surface area contributed by atoms with E-state index in [0.29, 0.717) is 5.56 Å². The van der Waals surface area contributed by atoms with Crippen LogP contribution < -0.4 is 0 Å². The average Bonchev–Trinajstić information content (AvgIpc) is 3.26. The van der Waals surface area contributed by atoms with Crippen LogP contribution in [0.15, 0.2) is 30.5 Å². The lowest BCUT2D eigenvalue weighted by Gasteiger charge is -2.19. The molecule has 0 radical (unpaired) electrons. The molecule has 0 unspecified atom stereocenters. The van der Waals surface area contributed by atoms with Crippen LogP contribution in [0.4, 0.5) is 0 Å². The van der Waals surface area contributed by atoms with E-state index in [2.05, 4.69) is 4.98 Å². The summed E-state index contributed by atoms with van der Waals surface area (Å²) in [5.74, 6) is -1.69. The molecular formula is C22H24N2O5. The second-order valence-corrected chi connectivity index (χ2v) is 7.82. The number of ether oxygens (including phenoxy) is 1. The Bertz CT molecular complexity index is 954. The van der Waals surface area contributed by atoms with Crippen LogP contribution >= 0.6 is 0 Å². The first-order valence-corrected chi connectivity index (χ1v) is 10.1. The highest BCUT2D eigenvalue weighted by Gasteiger charge is 2.47. The van der Waals surface area contributed by atoms with Gasteiger partial charge in [-0.25, -0.2) is 0 Å². The Morgan fingerprint density at radius 1 is 1.14 bits per heavy atom. The predicted molar refractivity (Wildman–Crippen MR) is 105 cm³/mol. The summed E-state index contributed by atoms with van der Waals surface area (Å²) >= 11 is 0. The number of carbonyl (C=O) groups excluding carboxylic acids is 4. The number of hydrogen-bond donors (Lipinski definition) is 1. The molecule has 1 aliphatic carbocycles. The number of H-pyrrole nitrogens is 1. The lowest BCUT2D eigenvalue weighted by atomic mass is 9.81. The van der Waals surface area contributed by atoms with Gasteiger partial charge in [-0.2, -0.15) is 0 Å². The smallest absolute Gasteiger partial charge is 0.308 e. The summed E-state index contributed by atoms with van der Waals surface area (Å²) < 4.78 is 5.28. The fraction of sp³-hybridized carbons (Fsp3) is 0.455. The number of carbonyl (C=O) groups is 4. The van der Waals surface area contributed by atoms with Gasteiger partial charge in [-0.15, -0.1) is 0 Å². The molecule has 0 spiro atoms. The third-order valence-corrected chi connectivity index (χ3v) is 6.00. The van der Waals surface area contributed by atoms with Gasteiger partial charge < -0.3 is 9.72 Å². The molecular weight excluding hydrogens is 372 g/mol. The molecule has 1 N–H and O–H groups in total. The van der Waals surface area contributed by atoms with Crippen molar-refractivity contribution < 1.29 is 23.9 Å². The summed E-state index contributed by atoms with van der Waals surface area (Å²) in [6.07, 6.45) is 3.96. The number of esters is 1. The van der Waals surface area contributed by atoms with Crippen molar-refractivity contribution in [2.45, 2.75) is 45.1 Å². The molecule has 2 amide bonds. The number of benzene rings is 1. The zero-order chi connectivity index (χ0) is 20.5. The van der Waals surface area contributed by atoms with E-state index >= 15 is 0 Å². The number of ketones is 1. The number of nitrogens with zero attached hydrogens (tertiary/aromatic N) is 1. The van der Waals surface area contributed by atoms with E-state index in [1.165, 1.54) is 11.8 Å². The lowest BCUT2D eigenvalue weighted by Crippen LogP contribution is -2.34. The molecule has 2 aliphatic rings. The summed E-state index contributed by atoms with van der Waals surface area (Å²) in [4.78, 5) is 54.1. The molecule has 1 aromatic carbocycles. The van der Waals surface area contributed by atoms with E-state index in [1.54, 1.807) is 6.20 Å². The van der Waals surface area contributed by atoms with Crippen LogP contribution in [0.3, 0.4) is 0 Å². The van der Waals surface area contributed by atoms with Crippen molar-refractivity contribution in [3.05, 3.63) is 36.0 Å². The van der Waals surface area contributed by atoms with Crippen molar-refractivity contribution in [2.75, 3.05) is 6.54 Å². The second kappa shape index (κ2) is 7.81. The van der Waals surface area contributed by atoms with Gasteiger partial charge in [0.15, 0.2) is 6.10 Å². The normalized spacial score (nSPS) is 22.6. The van der Waals surface area contributed by atoms with Crippen molar-refractivity contribution in [2.24, 2.45) is 11.8 Å². The Balaban J connectivity index is 1.34. The highest BCUT2D eigenvalue weighted by atomic mass is 16.5. The molecule has 2 heterocycles. The third-order valence-electron chi connectivity index (χ3n) is 6.00. The number of nitrogens with one attached hydrogen (secondary N) is 1. The van der Waals surface area contributed by atoms with Crippen LogP contribution in [-0.4, -0.2) is 46.1 Å². The Kier molecular flexibility index (Phi) is 5.22. The standard InChI is InChI=1S/C22H24N2O5/c1-13(20(26)17-12-23-18-9-5-4-6-14(17)18)29-19(25)10-11-24-21(27)15-7-2-3-8-16(15)22(24)28/h4-6,9,12-13,15-16,23H,2-3,7-8,10-11H2,1H3/t13-,15+,16+/m0/s1. The quantitative estimate of drug-likeness (QED) is 0.460. The van der Waals surface area contributed by atoms with Crippen LogP contribution in [0.1, 0.15) is 49.4 Å². The highest BCUT2D eigenvalue weighted by molar-refractivity contribution is 6.10. The van der Waals surface area contributed by atoms with Crippen molar-refractivity contribution in [1.82, 2.24) is 9.88 Å². The SMILES string of the molecule is C[C@H](OC(=O)CCN1C(=O)[C@@H]2CCCC[C@H]2C1=O)C(=O)c1c[nH]c2ccccc12. The number of hydrogen-bond acceptors (Lipinski definition) is 5. The summed E-state index contributed by atoms with van der Waals surface area (Å²) in [6, 6.07) is 7.40. The van der Waals surface area contributed by atoms with Gasteiger partial charge in [0, 0.05) is 29.2 Å². The maximum atomic E-state index is 12.7. The topological polar surface area (TPSA) is 96.5 Å². The fourth-order valence-electron chi connectivity index (χ4n) is 4.46. The molecule has 7 heteroatoms. The zero-order valence-corrected chi connectivity index (χ0v) is 16.3. The monoisotopic (exact) mass is 396 g/mol. The minimum atomic E-state index is -0.950. The largest absolute Gasteiger partial charge is 0.454 e. The number of aromatic nitrogens is 1. The van der Waals surface area contributed by atoms with Crippen LogP contribution in [0.2, 0.25) is 0 Å². The third kappa shape index (κ3) is 3.57. The van der Waals surface area contributed by atoms with Crippen molar-refractivity contribution in [1.29, 1.82) is 0 Å². The minimum absolute atomic E-state index is 0.0114. The number of likely N-dealkylation sites (tertiary alicyclic amines) is 1. The zero-order valence-electron chi connectivity index (χ0n) is 16.3. The Morgan fingerprint density at radius 2 is 1.79 bits per heavy atom. The van der Waals surface area contributed by atoms with Gasteiger partial charge >= 0.3 is 5.97 Å².